The second kappa shape index (κ2) is 4.97. The number of ether oxygens (including phenoxy) is 1. The molecular weight excluding hydrogens is 278 g/mol. The van der Waals surface area contributed by atoms with Crippen molar-refractivity contribution >= 4 is 5.97 Å². The van der Waals surface area contributed by atoms with Crippen LogP contribution in [0.4, 0.5) is 8.78 Å². The van der Waals surface area contributed by atoms with Gasteiger partial charge in [-0.3, -0.25) is 4.79 Å². The number of benzene rings is 1. The Kier molecular flexibility index (Phi) is 3.38. The first-order valence-electron chi connectivity index (χ1n) is 7.22. The molecule has 5 heteroatoms. The highest BCUT2D eigenvalue weighted by Crippen LogP contribution is 2.72. The zero-order valence-electron chi connectivity index (χ0n) is 11.6. The molecule has 0 aromatic heterocycles. The standard InChI is InChI=1S/C16H18F2O3/c17-16(18)10-15(16)7-12(8-15)9-21-13-4-1-11(2-5-13)3-6-14(19)20/h1-2,4-5,12H,3,6-10H2,(H,19,20). The van der Waals surface area contributed by atoms with E-state index in [0.29, 0.717) is 31.6 Å². The third kappa shape index (κ3) is 2.87. The van der Waals surface area contributed by atoms with Crippen LogP contribution in [0.2, 0.25) is 0 Å². The van der Waals surface area contributed by atoms with Gasteiger partial charge < -0.3 is 9.84 Å². The normalized spacial score (nSPS) is 29.0. The first-order chi connectivity index (χ1) is 9.90. The van der Waals surface area contributed by atoms with Crippen molar-refractivity contribution in [3.8, 4) is 5.75 Å². The Hall–Kier alpha value is -1.65. The summed E-state index contributed by atoms with van der Waals surface area (Å²) in [6.07, 6.45) is 1.79. The average Bonchev–Trinajstić information content (AvgIpc) is 2.97. The molecule has 0 radical (unpaired) electrons. The SMILES string of the molecule is O=C(O)CCc1ccc(OCC2CC3(C2)CC3(F)F)cc1. The predicted octanol–water partition coefficient (Wildman–Crippen LogP) is 3.52. The van der Waals surface area contributed by atoms with Gasteiger partial charge in [0.15, 0.2) is 0 Å². The maximum Gasteiger partial charge on any atom is 0.303 e. The molecule has 1 aromatic rings. The van der Waals surface area contributed by atoms with Crippen LogP contribution in [0.15, 0.2) is 24.3 Å². The van der Waals surface area contributed by atoms with Crippen LogP contribution in [0.5, 0.6) is 5.75 Å². The van der Waals surface area contributed by atoms with E-state index in [2.05, 4.69) is 0 Å². The molecule has 1 aromatic carbocycles. The van der Waals surface area contributed by atoms with Gasteiger partial charge in [-0.1, -0.05) is 12.1 Å². The van der Waals surface area contributed by atoms with E-state index in [4.69, 9.17) is 9.84 Å². The van der Waals surface area contributed by atoms with Gasteiger partial charge in [0, 0.05) is 18.3 Å². The van der Waals surface area contributed by atoms with Gasteiger partial charge in [-0.15, -0.1) is 0 Å². The number of rotatable bonds is 6. The number of carboxylic acid groups (broad SMARTS) is 1. The molecule has 21 heavy (non-hydrogen) atoms. The van der Waals surface area contributed by atoms with Crippen LogP contribution in [-0.4, -0.2) is 23.6 Å². The molecule has 1 spiro atoms. The van der Waals surface area contributed by atoms with Crippen molar-refractivity contribution in [3.63, 3.8) is 0 Å². The summed E-state index contributed by atoms with van der Waals surface area (Å²) in [5.41, 5.74) is 0.256. The van der Waals surface area contributed by atoms with Crippen LogP contribution in [0, 0.1) is 11.3 Å². The predicted molar refractivity (Wildman–Crippen MR) is 72.6 cm³/mol. The largest absolute Gasteiger partial charge is 0.493 e. The lowest BCUT2D eigenvalue weighted by atomic mass is 9.72. The van der Waals surface area contributed by atoms with Crippen molar-refractivity contribution in [2.24, 2.45) is 11.3 Å². The van der Waals surface area contributed by atoms with E-state index in [1.165, 1.54) is 0 Å². The Morgan fingerprint density at radius 2 is 1.90 bits per heavy atom. The van der Waals surface area contributed by atoms with E-state index in [1.807, 2.05) is 12.1 Å². The molecule has 0 aliphatic heterocycles. The molecule has 114 valence electrons. The monoisotopic (exact) mass is 296 g/mol. The summed E-state index contributed by atoms with van der Waals surface area (Å²) in [5.74, 6) is -2.32. The van der Waals surface area contributed by atoms with Gasteiger partial charge in [0.1, 0.15) is 5.75 Å². The quantitative estimate of drug-likeness (QED) is 0.873. The summed E-state index contributed by atoms with van der Waals surface area (Å²) < 4.78 is 31.7. The number of aryl methyl sites for hydroxylation is 1. The van der Waals surface area contributed by atoms with Crippen LogP contribution in [-0.2, 0) is 11.2 Å². The molecular formula is C16H18F2O3. The van der Waals surface area contributed by atoms with Gasteiger partial charge in [0.05, 0.1) is 6.61 Å². The Labute approximate surface area is 121 Å². The molecule has 2 aliphatic rings. The van der Waals surface area contributed by atoms with Gasteiger partial charge >= 0.3 is 5.97 Å². The van der Waals surface area contributed by atoms with Gasteiger partial charge in [0.2, 0.25) is 0 Å². The van der Waals surface area contributed by atoms with E-state index >= 15 is 0 Å². The Morgan fingerprint density at radius 1 is 1.29 bits per heavy atom. The third-order valence-corrected chi connectivity index (χ3v) is 4.61. The lowest BCUT2D eigenvalue weighted by Gasteiger charge is -2.35. The van der Waals surface area contributed by atoms with E-state index < -0.39 is 17.3 Å². The summed E-state index contributed by atoms with van der Waals surface area (Å²) in [6, 6.07) is 7.29. The highest BCUT2D eigenvalue weighted by molar-refractivity contribution is 5.67. The van der Waals surface area contributed by atoms with Crippen molar-refractivity contribution in [3.05, 3.63) is 29.8 Å². The first kappa shape index (κ1) is 14.3. The van der Waals surface area contributed by atoms with Crippen molar-refractivity contribution < 1.29 is 23.4 Å². The highest BCUT2D eigenvalue weighted by atomic mass is 19.3. The van der Waals surface area contributed by atoms with E-state index in [1.54, 1.807) is 12.1 Å². The Balaban J connectivity index is 1.41. The van der Waals surface area contributed by atoms with Crippen molar-refractivity contribution in [2.75, 3.05) is 6.61 Å². The summed E-state index contributed by atoms with van der Waals surface area (Å²) in [5, 5.41) is 8.61. The lowest BCUT2D eigenvalue weighted by Crippen LogP contribution is -2.34. The number of carboxylic acids is 1. The van der Waals surface area contributed by atoms with Gasteiger partial charge in [0.25, 0.3) is 5.92 Å². The number of carbonyl (C=O) groups is 1. The number of halogens is 2. The zero-order valence-corrected chi connectivity index (χ0v) is 11.6. The average molecular weight is 296 g/mol. The third-order valence-electron chi connectivity index (χ3n) is 4.61. The number of hydrogen-bond donors (Lipinski definition) is 1. The van der Waals surface area contributed by atoms with Crippen LogP contribution < -0.4 is 4.74 Å². The molecule has 0 amide bonds. The molecule has 0 unspecified atom stereocenters. The second-order valence-electron chi connectivity index (χ2n) is 6.28. The first-order valence-corrected chi connectivity index (χ1v) is 7.22. The molecule has 3 rings (SSSR count). The summed E-state index contributed by atoms with van der Waals surface area (Å²) in [7, 11) is 0. The lowest BCUT2D eigenvalue weighted by molar-refractivity contribution is -0.136. The van der Waals surface area contributed by atoms with E-state index in [0.717, 1.165) is 5.56 Å². The topological polar surface area (TPSA) is 46.5 Å². The van der Waals surface area contributed by atoms with Crippen LogP contribution in [0.25, 0.3) is 0 Å². The fraction of sp³-hybridized carbons (Fsp3) is 0.562. The fourth-order valence-corrected chi connectivity index (χ4v) is 3.20. The van der Waals surface area contributed by atoms with E-state index in [-0.39, 0.29) is 18.8 Å². The molecule has 3 nitrogen and oxygen atoms in total. The van der Waals surface area contributed by atoms with Gasteiger partial charge in [-0.05, 0) is 42.9 Å². The zero-order chi connectivity index (χ0) is 15.1. The van der Waals surface area contributed by atoms with Crippen molar-refractivity contribution in [1.29, 1.82) is 0 Å². The molecule has 0 saturated heterocycles. The summed E-state index contributed by atoms with van der Waals surface area (Å²) in [6.45, 7) is 0.478. The van der Waals surface area contributed by atoms with Gasteiger partial charge in [-0.25, -0.2) is 8.78 Å². The minimum Gasteiger partial charge on any atom is -0.493 e. The smallest absolute Gasteiger partial charge is 0.303 e. The van der Waals surface area contributed by atoms with Crippen molar-refractivity contribution in [2.45, 2.75) is 38.0 Å². The second-order valence-corrected chi connectivity index (χ2v) is 6.28. The fourth-order valence-electron chi connectivity index (χ4n) is 3.20. The van der Waals surface area contributed by atoms with Crippen LogP contribution in [0.1, 0.15) is 31.2 Å². The maximum atomic E-state index is 13.1. The maximum absolute atomic E-state index is 13.1. The summed E-state index contributed by atoms with van der Waals surface area (Å²) in [4.78, 5) is 10.5. The van der Waals surface area contributed by atoms with E-state index in [9.17, 15) is 13.6 Å². The number of alkyl halides is 2. The molecule has 1 N–H and O–H groups in total. The molecule has 2 aliphatic carbocycles. The van der Waals surface area contributed by atoms with Crippen molar-refractivity contribution in [1.82, 2.24) is 0 Å². The minimum atomic E-state index is -2.44. The molecule has 2 fully saturated rings. The summed E-state index contributed by atoms with van der Waals surface area (Å²) >= 11 is 0. The number of aliphatic carboxylic acids is 1. The molecule has 0 atom stereocenters. The molecule has 2 saturated carbocycles. The molecule has 0 heterocycles. The minimum absolute atomic E-state index is 0.0504. The number of hydrogen-bond acceptors (Lipinski definition) is 2. The Morgan fingerprint density at radius 3 is 2.43 bits per heavy atom. The van der Waals surface area contributed by atoms with Crippen LogP contribution >= 0.6 is 0 Å². The highest BCUT2D eigenvalue weighted by Gasteiger charge is 2.75. The van der Waals surface area contributed by atoms with Crippen LogP contribution in [0.3, 0.4) is 0 Å². The Bertz CT molecular complexity index is 533. The van der Waals surface area contributed by atoms with Gasteiger partial charge in [-0.2, -0.15) is 0 Å². The molecule has 0 bridgehead atoms.